The van der Waals surface area contributed by atoms with E-state index in [0.29, 0.717) is 0 Å². The van der Waals surface area contributed by atoms with Gasteiger partial charge in [0.1, 0.15) is 0 Å². The zero-order chi connectivity index (χ0) is 8.51. The molecule has 1 unspecified atom stereocenters. The van der Waals surface area contributed by atoms with Crippen molar-refractivity contribution in [3.8, 4) is 0 Å². The zero-order valence-electron chi connectivity index (χ0n) is 5.60. The molecule has 62 valence electrons. The Morgan fingerprint density at radius 3 is 2.67 bits per heavy atom. The lowest BCUT2D eigenvalue weighted by molar-refractivity contribution is -0.120. The van der Waals surface area contributed by atoms with Crippen molar-refractivity contribution in [2.75, 3.05) is 0 Å². The fourth-order valence-electron chi connectivity index (χ4n) is 1.40. The van der Waals surface area contributed by atoms with E-state index in [1.54, 1.807) is 0 Å². The van der Waals surface area contributed by atoms with Gasteiger partial charge < -0.3 is 8.92 Å². The van der Waals surface area contributed by atoms with Gasteiger partial charge in [0.15, 0.2) is 16.8 Å². The van der Waals surface area contributed by atoms with Crippen LogP contribution in [0.3, 0.4) is 0 Å². The molecular formula is C6H2O5S. The van der Waals surface area contributed by atoms with Crippen molar-refractivity contribution < 1.29 is 22.1 Å². The Morgan fingerprint density at radius 2 is 2.08 bits per heavy atom. The molecule has 0 aliphatic carbocycles. The highest BCUT2D eigenvalue weighted by Gasteiger charge is 2.54. The Morgan fingerprint density at radius 1 is 1.33 bits per heavy atom. The van der Waals surface area contributed by atoms with E-state index in [4.69, 9.17) is 4.74 Å². The molecule has 5 nitrogen and oxygen atoms in total. The van der Waals surface area contributed by atoms with Gasteiger partial charge in [-0.15, -0.1) is 0 Å². The van der Waals surface area contributed by atoms with Gasteiger partial charge in [-0.2, -0.15) is 8.42 Å². The first kappa shape index (κ1) is 6.24. The first-order valence-corrected chi connectivity index (χ1v) is 4.62. The number of hydrogen-bond acceptors (Lipinski definition) is 5. The standard InChI is InChI=1S/C6H2O5S/c7-4-2-1-3-5(10-2)6(4)11-12(3,8)9/h1-2H. The van der Waals surface area contributed by atoms with Gasteiger partial charge in [0.25, 0.3) is 0 Å². The van der Waals surface area contributed by atoms with Gasteiger partial charge >= 0.3 is 10.1 Å². The second-order valence-corrected chi connectivity index (χ2v) is 4.14. The Labute approximate surface area is 67.4 Å². The number of ether oxygens (including phenoxy) is 1. The van der Waals surface area contributed by atoms with Gasteiger partial charge in [-0.25, -0.2) is 0 Å². The molecule has 3 aliphatic rings. The van der Waals surface area contributed by atoms with E-state index in [1.807, 2.05) is 0 Å². The van der Waals surface area contributed by atoms with E-state index in [9.17, 15) is 13.2 Å². The number of ketones is 1. The number of Topliss-reactive ketones (excluding diaryl/α,β-unsaturated/α-hetero) is 1. The van der Waals surface area contributed by atoms with Gasteiger partial charge in [-0.3, -0.25) is 4.79 Å². The van der Waals surface area contributed by atoms with Crippen LogP contribution < -0.4 is 0 Å². The summed E-state index contributed by atoms with van der Waals surface area (Å²) in [7, 11) is -3.72. The molecule has 3 rings (SSSR count). The van der Waals surface area contributed by atoms with Crippen molar-refractivity contribution in [3.63, 3.8) is 0 Å². The van der Waals surface area contributed by atoms with E-state index >= 15 is 0 Å². The van der Waals surface area contributed by atoms with Crippen LogP contribution in [-0.2, 0) is 23.8 Å². The maximum atomic E-state index is 11.1. The maximum Gasteiger partial charge on any atom is 0.343 e. The number of carbonyl (C=O) groups is 1. The average molecular weight is 186 g/mol. The molecular weight excluding hydrogens is 184 g/mol. The Hall–Kier alpha value is -1.30. The van der Waals surface area contributed by atoms with Crippen molar-refractivity contribution in [2.45, 2.75) is 6.10 Å². The second-order valence-electron chi connectivity index (χ2n) is 2.63. The predicted octanol–water partition coefficient (Wildman–Crippen LogP) is -0.577. The average Bonchev–Trinajstić information content (AvgIpc) is 2.54. The van der Waals surface area contributed by atoms with E-state index in [0.717, 1.165) is 0 Å². The Bertz CT molecular complexity index is 466. The van der Waals surface area contributed by atoms with Crippen LogP contribution in [0, 0.1) is 0 Å². The molecule has 12 heavy (non-hydrogen) atoms. The lowest BCUT2D eigenvalue weighted by Gasteiger charge is -1.97. The summed E-state index contributed by atoms with van der Waals surface area (Å²) in [6.45, 7) is 0. The van der Waals surface area contributed by atoms with Crippen molar-refractivity contribution in [1.29, 1.82) is 0 Å². The molecule has 6 heteroatoms. The summed E-state index contributed by atoms with van der Waals surface area (Å²) in [5.41, 5.74) is 0. The second kappa shape index (κ2) is 1.42. The normalized spacial score (nSPS) is 33.5. The minimum atomic E-state index is -3.72. The van der Waals surface area contributed by atoms with Gasteiger partial charge in [0, 0.05) is 0 Å². The summed E-state index contributed by atoms with van der Waals surface area (Å²) in [4.78, 5) is 11.1. The van der Waals surface area contributed by atoms with Crippen LogP contribution in [0.25, 0.3) is 0 Å². The molecule has 0 saturated heterocycles. The van der Waals surface area contributed by atoms with Crippen molar-refractivity contribution >= 4 is 15.9 Å². The van der Waals surface area contributed by atoms with Crippen LogP contribution in [0.4, 0.5) is 0 Å². The number of carbonyl (C=O) groups excluding carboxylic acids is 1. The van der Waals surface area contributed by atoms with E-state index in [1.165, 1.54) is 6.08 Å². The molecule has 0 fully saturated rings. The topological polar surface area (TPSA) is 69.7 Å². The van der Waals surface area contributed by atoms with Gasteiger partial charge in [-0.1, -0.05) is 0 Å². The monoisotopic (exact) mass is 186 g/mol. The van der Waals surface area contributed by atoms with Crippen molar-refractivity contribution in [1.82, 2.24) is 0 Å². The van der Waals surface area contributed by atoms with Crippen LogP contribution in [-0.4, -0.2) is 20.3 Å². The third kappa shape index (κ3) is 0.454. The fourth-order valence-corrected chi connectivity index (χ4v) is 2.52. The molecule has 0 amide bonds. The quantitative estimate of drug-likeness (QED) is 0.473. The van der Waals surface area contributed by atoms with Crippen LogP contribution in [0.2, 0.25) is 0 Å². The number of rotatable bonds is 0. The van der Waals surface area contributed by atoms with E-state index in [-0.39, 0.29) is 16.4 Å². The first-order chi connectivity index (χ1) is 5.59. The van der Waals surface area contributed by atoms with Crippen molar-refractivity contribution in [2.24, 2.45) is 0 Å². The summed E-state index contributed by atoms with van der Waals surface area (Å²) < 4.78 is 31.5. The maximum absolute atomic E-state index is 11.1. The lowest BCUT2D eigenvalue weighted by atomic mass is 10.1. The van der Waals surface area contributed by atoms with Gasteiger partial charge in [-0.05, 0) is 6.08 Å². The minimum absolute atomic E-state index is 0.00194. The van der Waals surface area contributed by atoms with E-state index < -0.39 is 22.0 Å². The molecule has 0 spiro atoms. The Kier molecular flexibility index (Phi) is 0.741. The summed E-state index contributed by atoms with van der Waals surface area (Å²) in [6.07, 6.45) is 0.506. The summed E-state index contributed by atoms with van der Waals surface area (Å²) in [6, 6.07) is 0. The largest absolute Gasteiger partial charge is 0.472 e. The molecule has 0 radical (unpaired) electrons. The third-order valence-corrected chi connectivity index (χ3v) is 3.17. The van der Waals surface area contributed by atoms with Crippen molar-refractivity contribution in [3.05, 3.63) is 22.5 Å². The SMILES string of the molecule is O=C1C2=C3OC1C=C3S(=O)(=O)O2. The van der Waals surface area contributed by atoms with Gasteiger partial charge in [0.05, 0.1) is 0 Å². The molecule has 0 aromatic rings. The van der Waals surface area contributed by atoms with E-state index in [2.05, 4.69) is 4.18 Å². The number of fused-ring (bicyclic) bond motifs is 1. The zero-order valence-corrected chi connectivity index (χ0v) is 6.42. The highest BCUT2D eigenvalue weighted by Crippen LogP contribution is 2.45. The molecule has 0 saturated carbocycles. The Balaban J connectivity index is 2.38. The van der Waals surface area contributed by atoms with Crippen LogP contribution in [0.1, 0.15) is 0 Å². The molecule has 0 aromatic heterocycles. The first-order valence-electron chi connectivity index (χ1n) is 3.21. The van der Waals surface area contributed by atoms with Crippen LogP contribution in [0.5, 0.6) is 0 Å². The number of hydrogen-bond donors (Lipinski definition) is 0. The summed E-state index contributed by atoms with van der Waals surface area (Å²) >= 11 is 0. The van der Waals surface area contributed by atoms with Crippen LogP contribution >= 0.6 is 0 Å². The molecule has 0 N–H and O–H groups in total. The minimum Gasteiger partial charge on any atom is -0.472 e. The predicted molar refractivity (Wildman–Crippen MR) is 35.0 cm³/mol. The third-order valence-electron chi connectivity index (χ3n) is 1.92. The van der Waals surface area contributed by atoms with Gasteiger partial charge in [0.2, 0.25) is 11.5 Å². The molecule has 3 heterocycles. The molecule has 3 aliphatic heterocycles. The van der Waals surface area contributed by atoms with Crippen LogP contribution in [0.15, 0.2) is 22.5 Å². The summed E-state index contributed by atoms with van der Waals surface area (Å²) in [5.74, 6) is -0.475. The highest BCUT2D eigenvalue weighted by molar-refractivity contribution is 7.91. The molecule has 0 aromatic carbocycles. The fraction of sp³-hybridized carbons (Fsp3) is 0.167. The smallest absolute Gasteiger partial charge is 0.343 e. The molecule has 2 bridgehead atoms. The lowest BCUT2D eigenvalue weighted by Crippen LogP contribution is -2.14. The summed E-state index contributed by atoms with van der Waals surface area (Å²) in [5, 5.41) is 0. The molecule has 1 atom stereocenters. The highest BCUT2D eigenvalue weighted by atomic mass is 32.2.